The summed E-state index contributed by atoms with van der Waals surface area (Å²) >= 11 is 0. The Morgan fingerprint density at radius 1 is 0.886 bits per heavy atom. The summed E-state index contributed by atoms with van der Waals surface area (Å²) in [6, 6.07) is 21.9. The van der Waals surface area contributed by atoms with Crippen LogP contribution in [0.15, 0.2) is 84.4 Å². The molecule has 1 atom stereocenters. The molecule has 0 radical (unpaired) electrons. The molecule has 3 aromatic carbocycles. The molecule has 0 spiro atoms. The number of carbonyl (C=O) groups excluding carboxylic acids is 3. The number of amides is 1. The van der Waals surface area contributed by atoms with Crippen LogP contribution in [0.2, 0.25) is 0 Å². The van der Waals surface area contributed by atoms with Crippen molar-refractivity contribution in [1.29, 1.82) is 0 Å². The third kappa shape index (κ3) is 4.80. The van der Waals surface area contributed by atoms with Gasteiger partial charge >= 0.3 is 5.97 Å². The number of esters is 1. The van der Waals surface area contributed by atoms with Crippen molar-refractivity contribution in [2.45, 2.75) is 12.5 Å². The number of nitrogens with zero attached hydrogens (tertiary/aromatic N) is 1. The number of carbonyl (C=O) groups is 3. The molecule has 0 aromatic heterocycles. The van der Waals surface area contributed by atoms with Crippen molar-refractivity contribution in [2.75, 3.05) is 20.8 Å². The van der Waals surface area contributed by atoms with Crippen LogP contribution in [-0.2, 0) is 20.7 Å². The van der Waals surface area contributed by atoms with Crippen LogP contribution in [0.1, 0.15) is 33.1 Å². The lowest BCUT2D eigenvalue weighted by molar-refractivity contribution is -0.139. The van der Waals surface area contributed by atoms with Crippen LogP contribution in [-0.4, -0.2) is 48.4 Å². The van der Waals surface area contributed by atoms with Gasteiger partial charge in [-0.1, -0.05) is 42.5 Å². The minimum Gasteiger partial charge on any atom is -0.507 e. The SMILES string of the molecule is COC(=O)c1ccc(C2/C(=C(\O)c3ccc(OC)cc3)C(=O)C(=O)N2CCc2ccccc2)cc1. The Hall–Kier alpha value is -4.39. The van der Waals surface area contributed by atoms with Gasteiger partial charge in [0.2, 0.25) is 0 Å². The smallest absolute Gasteiger partial charge is 0.337 e. The molecule has 1 fully saturated rings. The van der Waals surface area contributed by atoms with E-state index in [2.05, 4.69) is 0 Å². The van der Waals surface area contributed by atoms with E-state index in [-0.39, 0.29) is 17.9 Å². The van der Waals surface area contributed by atoms with E-state index in [1.54, 1.807) is 48.5 Å². The minimum absolute atomic E-state index is 0.000883. The molecule has 1 aliphatic heterocycles. The van der Waals surface area contributed by atoms with Crippen LogP contribution < -0.4 is 4.74 Å². The topological polar surface area (TPSA) is 93.1 Å². The number of hydrogen-bond acceptors (Lipinski definition) is 6. The van der Waals surface area contributed by atoms with Gasteiger partial charge in [-0.25, -0.2) is 4.79 Å². The fraction of sp³-hybridized carbons (Fsp3) is 0.179. The Morgan fingerprint density at radius 2 is 1.51 bits per heavy atom. The van der Waals surface area contributed by atoms with Crippen LogP contribution >= 0.6 is 0 Å². The monoisotopic (exact) mass is 471 g/mol. The second kappa shape index (κ2) is 10.3. The van der Waals surface area contributed by atoms with Crippen molar-refractivity contribution in [2.24, 2.45) is 0 Å². The molecule has 1 saturated heterocycles. The number of methoxy groups -OCH3 is 2. The zero-order valence-corrected chi connectivity index (χ0v) is 19.4. The number of rotatable bonds is 7. The molecule has 0 aliphatic carbocycles. The average molecular weight is 472 g/mol. The highest BCUT2D eigenvalue weighted by Crippen LogP contribution is 2.39. The fourth-order valence-corrected chi connectivity index (χ4v) is 4.18. The maximum Gasteiger partial charge on any atom is 0.337 e. The van der Waals surface area contributed by atoms with Gasteiger partial charge in [0.05, 0.1) is 31.4 Å². The molecule has 1 amide bonds. The normalized spacial score (nSPS) is 16.9. The van der Waals surface area contributed by atoms with Crippen molar-refractivity contribution in [1.82, 2.24) is 4.90 Å². The number of Topliss-reactive ketones (excluding diaryl/α,β-unsaturated/α-hetero) is 1. The van der Waals surface area contributed by atoms with E-state index >= 15 is 0 Å². The quantitative estimate of drug-likeness (QED) is 0.241. The van der Waals surface area contributed by atoms with Crippen molar-refractivity contribution in [3.63, 3.8) is 0 Å². The Kier molecular flexibility index (Phi) is 6.96. The fourth-order valence-electron chi connectivity index (χ4n) is 4.18. The van der Waals surface area contributed by atoms with Crippen LogP contribution in [0, 0.1) is 0 Å². The van der Waals surface area contributed by atoms with Gasteiger partial charge in [0.25, 0.3) is 11.7 Å². The Morgan fingerprint density at radius 3 is 2.11 bits per heavy atom. The summed E-state index contributed by atoms with van der Waals surface area (Å²) in [5.74, 6) is -1.60. The molecule has 7 heteroatoms. The van der Waals surface area contributed by atoms with Gasteiger partial charge in [-0.3, -0.25) is 9.59 Å². The highest BCUT2D eigenvalue weighted by Gasteiger charge is 2.45. The predicted molar refractivity (Wildman–Crippen MR) is 130 cm³/mol. The first-order valence-electron chi connectivity index (χ1n) is 11.1. The van der Waals surface area contributed by atoms with Gasteiger partial charge in [0.15, 0.2) is 0 Å². The van der Waals surface area contributed by atoms with E-state index in [9.17, 15) is 19.5 Å². The number of benzene rings is 3. The lowest BCUT2D eigenvalue weighted by atomic mass is 9.94. The minimum atomic E-state index is -0.812. The van der Waals surface area contributed by atoms with E-state index in [1.165, 1.54) is 19.1 Å². The summed E-state index contributed by atoms with van der Waals surface area (Å²) in [4.78, 5) is 39.6. The largest absolute Gasteiger partial charge is 0.507 e. The molecule has 35 heavy (non-hydrogen) atoms. The third-order valence-electron chi connectivity index (χ3n) is 6.04. The number of hydrogen-bond donors (Lipinski definition) is 1. The van der Waals surface area contributed by atoms with E-state index in [0.29, 0.717) is 28.9 Å². The van der Waals surface area contributed by atoms with Crippen LogP contribution in [0.4, 0.5) is 0 Å². The van der Waals surface area contributed by atoms with Gasteiger partial charge in [-0.15, -0.1) is 0 Å². The van der Waals surface area contributed by atoms with Crippen LogP contribution in [0.5, 0.6) is 5.75 Å². The van der Waals surface area contributed by atoms with Crippen LogP contribution in [0.3, 0.4) is 0 Å². The molecule has 0 bridgehead atoms. The molecule has 3 aromatic rings. The Bertz CT molecular complexity index is 1260. The van der Waals surface area contributed by atoms with Crippen molar-refractivity contribution in [3.05, 3.63) is 107 Å². The predicted octanol–water partition coefficient (Wildman–Crippen LogP) is 4.15. The van der Waals surface area contributed by atoms with E-state index in [4.69, 9.17) is 9.47 Å². The maximum absolute atomic E-state index is 13.2. The summed E-state index contributed by atoms with van der Waals surface area (Å²) in [6.07, 6.45) is 0.535. The molecule has 1 N–H and O–H groups in total. The molecule has 7 nitrogen and oxygen atoms in total. The summed E-state index contributed by atoms with van der Waals surface area (Å²) < 4.78 is 9.93. The maximum atomic E-state index is 13.2. The van der Waals surface area contributed by atoms with Crippen molar-refractivity contribution in [3.8, 4) is 5.75 Å². The lowest BCUT2D eigenvalue weighted by Gasteiger charge is -2.25. The second-order valence-electron chi connectivity index (χ2n) is 8.07. The van der Waals surface area contributed by atoms with Gasteiger partial charge in [0, 0.05) is 12.1 Å². The van der Waals surface area contributed by atoms with Gasteiger partial charge < -0.3 is 19.5 Å². The van der Waals surface area contributed by atoms with Crippen molar-refractivity contribution < 1.29 is 29.0 Å². The molecule has 0 saturated carbocycles. The van der Waals surface area contributed by atoms with Gasteiger partial charge in [0.1, 0.15) is 11.5 Å². The van der Waals surface area contributed by atoms with Crippen LogP contribution in [0.25, 0.3) is 5.76 Å². The molecule has 1 heterocycles. The number of aliphatic hydroxyl groups is 1. The summed E-state index contributed by atoms with van der Waals surface area (Å²) in [7, 11) is 2.83. The first kappa shape index (κ1) is 23.8. The number of ketones is 1. The Balaban J connectivity index is 1.77. The second-order valence-corrected chi connectivity index (χ2v) is 8.07. The molecule has 1 unspecified atom stereocenters. The molecule has 178 valence electrons. The number of likely N-dealkylation sites (tertiary alicyclic amines) is 1. The highest BCUT2D eigenvalue weighted by molar-refractivity contribution is 6.46. The van der Waals surface area contributed by atoms with E-state index in [0.717, 1.165) is 5.56 Å². The molecule has 4 rings (SSSR count). The Labute approximate surface area is 203 Å². The highest BCUT2D eigenvalue weighted by atomic mass is 16.5. The zero-order chi connectivity index (χ0) is 24.9. The summed E-state index contributed by atoms with van der Waals surface area (Å²) in [5, 5.41) is 11.2. The number of ether oxygens (including phenoxy) is 2. The summed E-state index contributed by atoms with van der Waals surface area (Å²) in [5.41, 5.74) is 2.35. The van der Waals surface area contributed by atoms with Gasteiger partial charge in [-0.2, -0.15) is 0 Å². The third-order valence-corrected chi connectivity index (χ3v) is 6.04. The standard InChI is InChI=1S/C28H25NO6/c1-34-22-14-12-20(13-15-22)25(30)23-24(19-8-10-21(11-9-19)28(33)35-2)29(27(32)26(23)31)17-16-18-6-4-3-5-7-18/h3-15,24,30H,16-17H2,1-2H3/b25-23+. The van der Waals surface area contributed by atoms with Crippen molar-refractivity contribution >= 4 is 23.4 Å². The van der Waals surface area contributed by atoms with E-state index < -0.39 is 23.7 Å². The first-order valence-corrected chi connectivity index (χ1v) is 11.1. The molecular weight excluding hydrogens is 446 g/mol. The zero-order valence-electron chi connectivity index (χ0n) is 19.4. The summed E-state index contributed by atoms with van der Waals surface area (Å²) in [6.45, 7) is 0.275. The van der Waals surface area contributed by atoms with Gasteiger partial charge in [-0.05, 0) is 53.9 Å². The lowest BCUT2D eigenvalue weighted by Crippen LogP contribution is -2.31. The molecular formula is C28H25NO6. The van der Waals surface area contributed by atoms with E-state index in [1.807, 2.05) is 30.3 Å². The number of aliphatic hydroxyl groups excluding tert-OH is 1. The average Bonchev–Trinajstić information content (AvgIpc) is 3.16. The first-order chi connectivity index (χ1) is 16.9. The molecule has 1 aliphatic rings.